The maximum absolute atomic E-state index is 12.2. The minimum Gasteiger partial charge on any atom is -0.284 e. The summed E-state index contributed by atoms with van der Waals surface area (Å²) in [7, 11) is 0. The van der Waals surface area contributed by atoms with E-state index in [-0.39, 0.29) is 5.56 Å². The number of aromatic nitrogens is 1. The standard InChI is InChI=1S/C14H14N2OS2/c1-18-11-5-3-10(4-6-11)9-12-13(17)16-8-2-7-15-14(16)19-12/h3-6,9H,2,7-8H2,1H3/b12-9+. The van der Waals surface area contributed by atoms with E-state index in [1.807, 2.05) is 18.2 Å². The topological polar surface area (TPSA) is 34.4 Å². The molecule has 0 atom stereocenters. The summed E-state index contributed by atoms with van der Waals surface area (Å²) >= 11 is 3.21. The highest BCUT2D eigenvalue weighted by atomic mass is 32.2. The number of thioether (sulfide) groups is 1. The van der Waals surface area contributed by atoms with E-state index in [0.717, 1.165) is 34.4 Å². The third-order valence-electron chi connectivity index (χ3n) is 3.09. The van der Waals surface area contributed by atoms with Crippen molar-refractivity contribution in [2.45, 2.75) is 17.9 Å². The van der Waals surface area contributed by atoms with Gasteiger partial charge in [-0.3, -0.25) is 14.4 Å². The molecule has 3 nitrogen and oxygen atoms in total. The molecule has 19 heavy (non-hydrogen) atoms. The van der Waals surface area contributed by atoms with Crippen LogP contribution in [0.2, 0.25) is 0 Å². The zero-order chi connectivity index (χ0) is 13.2. The first-order valence-electron chi connectivity index (χ1n) is 6.18. The van der Waals surface area contributed by atoms with E-state index in [0.29, 0.717) is 0 Å². The van der Waals surface area contributed by atoms with Crippen molar-refractivity contribution in [3.8, 4) is 0 Å². The summed E-state index contributed by atoms with van der Waals surface area (Å²) in [6, 6.07) is 8.25. The van der Waals surface area contributed by atoms with Crippen LogP contribution >= 0.6 is 23.1 Å². The molecule has 0 saturated carbocycles. The van der Waals surface area contributed by atoms with Crippen molar-refractivity contribution in [3.05, 3.63) is 49.5 Å². The van der Waals surface area contributed by atoms with Crippen molar-refractivity contribution in [3.63, 3.8) is 0 Å². The van der Waals surface area contributed by atoms with E-state index in [1.165, 1.54) is 16.2 Å². The highest BCUT2D eigenvalue weighted by molar-refractivity contribution is 7.98. The fourth-order valence-corrected chi connectivity index (χ4v) is 3.52. The van der Waals surface area contributed by atoms with E-state index >= 15 is 0 Å². The van der Waals surface area contributed by atoms with Gasteiger partial charge in [-0.1, -0.05) is 23.5 Å². The smallest absolute Gasteiger partial charge is 0.270 e. The Kier molecular flexibility index (Phi) is 3.57. The Bertz CT molecular complexity index is 756. The average Bonchev–Trinajstić information content (AvgIpc) is 2.77. The first-order valence-corrected chi connectivity index (χ1v) is 8.22. The molecule has 1 aliphatic heterocycles. The van der Waals surface area contributed by atoms with Crippen LogP contribution in [0, 0.1) is 0 Å². The van der Waals surface area contributed by atoms with E-state index in [1.54, 1.807) is 16.3 Å². The fourth-order valence-electron chi connectivity index (χ4n) is 2.08. The first kappa shape index (κ1) is 12.7. The van der Waals surface area contributed by atoms with Gasteiger partial charge in [0.05, 0.1) is 4.53 Å². The zero-order valence-corrected chi connectivity index (χ0v) is 12.3. The lowest BCUT2D eigenvalue weighted by atomic mass is 10.2. The van der Waals surface area contributed by atoms with Gasteiger partial charge in [-0.05, 0) is 36.4 Å². The Morgan fingerprint density at radius 3 is 2.84 bits per heavy atom. The van der Waals surface area contributed by atoms with Gasteiger partial charge in [0.15, 0.2) is 4.80 Å². The van der Waals surface area contributed by atoms with Crippen LogP contribution in [0.25, 0.3) is 6.08 Å². The predicted octanol–water partition coefficient (Wildman–Crippen LogP) is 1.48. The number of hydrogen-bond acceptors (Lipinski definition) is 4. The van der Waals surface area contributed by atoms with E-state index < -0.39 is 0 Å². The van der Waals surface area contributed by atoms with Crippen molar-refractivity contribution in [2.24, 2.45) is 4.99 Å². The summed E-state index contributed by atoms with van der Waals surface area (Å²) in [5, 5.41) is 0. The molecule has 5 heteroatoms. The molecular formula is C14H14N2OS2. The summed E-state index contributed by atoms with van der Waals surface area (Å²) in [6.07, 6.45) is 4.98. The van der Waals surface area contributed by atoms with Gasteiger partial charge in [0.1, 0.15) is 0 Å². The van der Waals surface area contributed by atoms with Gasteiger partial charge >= 0.3 is 0 Å². The van der Waals surface area contributed by atoms with Crippen LogP contribution in [0.4, 0.5) is 0 Å². The molecule has 98 valence electrons. The molecule has 0 bridgehead atoms. The molecule has 0 fully saturated rings. The van der Waals surface area contributed by atoms with Crippen LogP contribution in [0.5, 0.6) is 0 Å². The van der Waals surface area contributed by atoms with Crippen molar-refractivity contribution < 1.29 is 0 Å². The van der Waals surface area contributed by atoms with Gasteiger partial charge in [-0.2, -0.15) is 0 Å². The van der Waals surface area contributed by atoms with E-state index in [9.17, 15) is 4.79 Å². The van der Waals surface area contributed by atoms with Gasteiger partial charge in [-0.25, -0.2) is 0 Å². The van der Waals surface area contributed by atoms with E-state index in [4.69, 9.17) is 0 Å². The summed E-state index contributed by atoms with van der Waals surface area (Å²) in [4.78, 5) is 18.7. The van der Waals surface area contributed by atoms with Crippen molar-refractivity contribution in [2.75, 3.05) is 12.8 Å². The maximum atomic E-state index is 12.2. The number of fused-ring (bicyclic) bond motifs is 1. The highest BCUT2D eigenvalue weighted by Gasteiger charge is 2.08. The molecule has 1 aliphatic rings. The molecule has 0 saturated heterocycles. The van der Waals surface area contributed by atoms with Crippen LogP contribution in [0.15, 0.2) is 38.9 Å². The highest BCUT2D eigenvalue weighted by Crippen LogP contribution is 2.14. The Morgan fingerprint density at radius 2 is 2.16 bits per heavy atom. The predicted molar refractivity (Wildman–Crippen MR) is 80.6 cm³/mol. The molecule has 2 heterocycles. The molecule has 1 aromatic carbocycles. The van der Waals surface area contributed by atoms with Crippen LogP contribution in [0.1, 0.15) is 12.0 Å². The maximum Gasteiger partial charge on any atom is 0.270 e. The number of thiazole rings is 1. The fraction of sp³-hybridized carbons (Fsp3) is 0.286. The molecule has 3 rings (SSSR count). The van der Waals surface area contributed by atoms with Crippen molar-refractivity contribution in [1.82, 2.24) is 4.57 Å². The average molecular weight is 290 g/mol. The van der Waals surface area contributed by atoms with Crippen LogP contribution in [0.3, 0.4) is 0 Å². The molecule has 2 aromatic rings. The number of rotatable bonds is 2. The summed E-state index contributed by atoms with van der Waals surface area (Å²) < 4.78 is 2.56. The van der Waals surface area contributed by atoms with Gasteiger partial charge in [0.25, 0.3) is 5.56 Å². The third-order valence-corrected chi connectivity index (χ3v) is 4.88. The Balaban J connectivity index is 2.09. The lowest BCUT2D eigenvalue weighted by Crippen LogP contribution is -2.33. The lowest BCUT2D eigenvalue weighted by molar-refractivity contribution is 0.573. The molecule has 0 aliphatic carbocycles. The van der Waals surface area contributed by atoms with Gasteiger partial charge in [0.2, 0.25) is 0 Å². The second-order valence-corrected chi connectivity index (χ2v) is 6.25. The summed E-state index contributed by atoms with van der Waals surface area (Å²) in [5.41, 5.74) is 1.16. The zero-order valence-electron chi connectivity index (χ0n) is 10.6. The Hall–Kier alpha value is -1.33. The number of hydrogen-bond donors (Lipinski definition) is 0. The second-order valence-electron chi connectivity index (χ2n) is 4.36. The SMILES string of the molecule is CSc1ccc(/C=c2/sc3n(c2=O)CCCN=3)cc1. The Labute approximate surface area is 119 Å². The van der Waals surface area contributed by atoms with Crippen LogP contribution in [-0.2, 0) is 6.54 Å². The third kappa shape index (κ3) is 2.53. The monoisotopic (exact) mass is 290 g/mol. The first-order chi connectivity index (χ1) is 9.28. The van der Waals surface area contributed by atoms with Crippen LogP contribution < -0.4 is 14.9 Å². The molecular weight excluding hydrogens is 276 g/mol. The second kappa shape index (κ2) is 5.35. The molecule has 0 unspecified atom stereocenters. The molecule has 0 amide bonds. The normalized spacial score (nSPS) is 15.1. The molecule has 0 radical (unpaired) electrons. The summed E-state index contributed by atoms with van der Waals surface area (Å²) in [5.74, 6) is 0. The van der Waals surface area contributed by atoms with Gasteiger partial charge in [-0.15, -0.1) is 11.8 Å². The molecule has 0 spiro atoms. The lowest BCUT2D eigenvalue weighted by Gasteiger charge is -2.03. The number of nitrogens with zero attached hydrogens (tertiary/aromatic N) is 2. The molecule has 0 N–H and O–H groups in total. The minimum absolute atomic E-state index is 0.0948. The number of benzene rings is 1. The Morgan fingerprint density at radius 1 is 1.37 bits per heavy atom. The largest absolute Gasteiger partial charge is 0.284 e. The summed E-state index contributed by atoms with van der Waals surface area (Å²) in [6.45, 7) is 1.63. The van der Waals surface area contributed by atoms with Gasteiger partial charge < -0.3 is 0 Å². The van der Waals surface area contributed by atoms with E-state index in [2.05, 4.69) is 23.4 Å². The van der Waals surface area contributed by atoms with Gasteiger partial charge in [0, 0.05) is 18.0 Å². The minimum atomic E-state index is 0.0948. The quantitative estimate of drug-likeness (QED) is 0.785. The molecule has 1 aromatic heterocycles. The van der Waals surface area contributed by atoms with Crippen molar-refractivity contribution >= 4 is 29.2 Å². The van der Waals surface area contributed by atoms with Crippen LogP contribution in [-0.4, -0.2) is 17.4 Å². The van der Waals surface area contributed by atoms with Crippen molar-refractivity contribution in [1.29, 1.82) is 0 Å².